The zero-order chi connectivity index (χ0) is 20.2. The summed E-state index contributed by atoms with van der Waals surface area (Å²) in [7, 11) is 0. The van der Waals surface area contributed by atoms with Crippen LogP contribution in [0, 0.1) is 6.92 Å². The van der Waals surface area contributed by atoms with E-state index in [1.807, 2.05) is 30.3 Å². The van der Waals surface area contributed by atoms with Crippen molar-refractivity contribution in [1.82, 2.24) is 0 Å². The van der Waals surface area contributed by atoms with Gasteiger partial charge in [0.25, 0.3) is 0 Å². The van der Waals surface area contributed by atoms with Crippen molar-refractivity contribution in [3.05, 3.63) is 106 Å². The topological polar surface area (TPSA) is 21.3 Å². The minimum atomic E-state index is 0.522. The average Bonchev–Trinajstić information content (AvgIpc) is 2.71. The van der Waals surface area contributed by atoms with Crippen molar-refractivity contribution in [3.63, 3.8) is 0 Å². The third-order valence-electron chi connectivity index (χ3n) is 4.84. The van der Waals surface area contributed by atoms with Crippen LogP contribution in [0.25, 0.3) is 10.8 Å². The highest BCUT2D eigenvalue weighted by Gasteiger charge is 2.10. The maximum absolute atomic E-state index is 6.21. The highest BCUT2D eigenvalue weighted by Crippen LogP contribution is 2.30. The van der Waals surface area contributed by atoms with E-state index in [-0.39, 0.29) is 0 Å². The third-order valence-corrected chi connectivity index (χ3v) is 5.28. The molecule has 0 bridgehead atoms. The van der Waals surface area contributed by atoms with Crippen LogP contribution >= 0.6 is 23.2 Å². The van der Waals surface area contributed by atoms with E-state index in [9.17, 15) is 0 Å². The number of hydrogen-bond donors (Lipinski definition) is 1. The van der Waals surface area contributed by atoms with E-state index >= 15 is 0 Å². The van der Waals surface area contributed by atoms with Gasteiger partial charge in [-0.2, -0.15) is 0 Å². The maximum atomic E-state index is 6.21. The maximum Gasteiger partial charge on any atom is 0.125 e. The van der Waals surface area contributed by atoms with Gasteiger partial charge in [-0.25, -0.2) is 0 Å². The second-order valence-electron chi connectivity index (χ2n) is 7.05. The van der Waals surface area contributed by atoms with Gasteiger partial charge in [-0.3, -0.25) is 0 Å². The number of halogens is 2. The van der Waals surface area contributed by atoms with E-state index in [0.717, 1.165) is 28.0 Å². The molecule has 0 aliphatic rings. The van der Waals surface area contributed by atoms with Crippen molar-refractivity contribution in [3.8, 4) is 5.75 Å². The molecule has 0 atom stereocenters. The molecule has 4 aromatic rings. The number of fused-ring (bicyclic) bond motifs is 1. The first-order valence-corrected chi connectivity index (χ1v) is 10.2. The van der Waals surface area contributed by atoms with Gasteiger partial charge in [0.05, 0.1) is 0 Å². The van der Waals surface area contributed by atoms with Crippen molar-refractivity contribution in [2.24, 2.45) is 0 Å². The van der Waals surface area contributed by atoms with Crippen LogP contribution in [-0.4, -0.2) is 0 Å². The van der Waals surface area contributed by atoms with E-state index < -0.39 is 0 Å². The van der Waals surface area contributed by atoms with Gasteiger partial charge < -0.3 is 10.1 Å². The van der Waals surface area contributed by atoms with Crippen molar-refractivity contribution in [2.75, 3.05) is 5.32 Å². The summed E-state index contributed by atoms with van der Waals surface area (Å²) >= 11 is 12.3. The predicted octanol–water partition coefficient (Wildman–Crippen LogP) is 7.65. The van der Waals surface area contributed by atoms with Gasteiger partial charge in [0.2, 0.25) is 0 Å². The number of benzene rings is 4. The Balaban J connectivity index is 1.62. The van der Waals surface area contributed by atoms with Gasteiger partial charge in [-0.15, -0.1) is 0 Å². The number of hydrogen-bond acceptors (Lipinski definition) is 2. The molecule has 146 valence electrons. The fourth-order valence-electron chi connectivity index (χ4n) is 3.33. The highest BCUT2D eigenvalue weighted by atomic mass is 35.5. The van der Waals surface area contributed by atoms with E-state index in [2.05, 4.69) is 54.7 Å². The average molecular weight is 422 g/mol. The standard InChI is InChI=1S/C25H21Cl2NO/c1-17-6-8-18(9-7-17)16-29-25-11-10-19-4-2-3-5-23(19)24(25)15-28-22-13-20(26)12-21(27)14-22/h2-14,28H,15-16H2,1H3. The molecule has 0 saturated heterocycles. The molecule has 29 heavy (non-hydrogen) atoms. The lowest BCUT2D eigenvalue weighted by molar-refractivity contribution is 0.304. The Morgan fingerprint density at radius 1 is 0.828 bits per heavy atom. The Kier molecular flexibility index (Phi) is 5.94. The highest BCUT2D eigenvalue weighted by molar-refractivity contribution is 6.35. The minimum absolute atomic E-state index is 0.522. The van der Waals surface area contributed by atoms with Gasteiger partial charge in [-0.1, -0.05) is 83.4 Å². The summed E-state index contributed by atoms with van der Waals surface area (Å²) in [4.78, 5) is 0. The first kappa shape index (κ1) is 19.6. The fraction of sp³-hybridized carbons (Fsp3) is 0.120. The lowest BCUT2D eigenvalue weighted by atomic mass is 10.0. The summed E-state index contributed by atoms with van der Waals surface area (Å²) < 4.78 is 6.21. The largest absolute Gasteiger partial charge is 0.489 e. The molecule has 0 spiro atoms. The van der Waals surface area contributed by atoms with Crippen LogP contribution in [0.5, 0.6) is 5.75 Å². The minimum Gasteiger partial charge on any atom is -0.489 e. The summed E-state index contributed by atoms with van der Waals surface area (Å²) in [5.74, 6) is 0.866. The van der Waals surface area contributed by atoms with Crippen LogP contribution in [0.1, 0.15) is 16.7 Å². The van der Waals surface area contributed by atoms with Crippen LogP contribution < -0.4 is 10.1 Å². The SMILES string of the molecule is Cc1ccc(COc2ccc3ccccc3c2CNc2cc(Cl)cc(Cl)c2)cc1. The Morgan fingerprint density at radius 3 is 2.31 bits per heavy atom. The number of ether oxygens (including phenoxy) is 1. The summed E-state index contributed by atoms with van der Waals surface area (Å²) in [5.41, 5.74) is 4.36. The molecule has 0 radical (unpaired) electrons. The second kappa shape index (κ2) is 8.77. The molecule has 0 fully saturated rings. The van der Waals surface area contributed by atoms with Crippen molar-refractivity contribution < 1.29 is 4.74 Å². The second-order valence-corrected chi connectivity index (χ2v) is 7.92. The molecule has 0 unspecified atom stereocenters. The molecule has 1 N–H and O–H groups in total. The number of anilines is 1. The molecule has 4 rings (SSSR count). The van der Waals surface area contributed by atoms with E-state index in [0.29, 0.717) is 23.2 Å². The lowest BCUT2D eigenvalue weighted by Gasteiger charge is -2.16. The third kappa shape index (κ3) is 4.84. The van der Waals surface area contributed by atoms with Crippen molar-refractivity contribution >= 4 is 39.7 Å². The Hall–Kier alpha value is -2.68. The monoisotopic (exact) mass is 421 g/mol. The Morgan fingerprint density at radius 2 is 1.55 bits per heavy atom. The van der Waals surface area contributed by atoms with Gasteiger partial charge in [-0.05, 0) is 47.5 Å². The smallest absolute Gasteiger partial charge is 0.125 e. The quantitative estimate of drug-likeness (QED) is 0.345. The molecule has 4 aromatic carbocycles. The number of aryl methyl sites for hydroxylation is 1. The molecule has 0 aliphatic heterocycles. The van der Waals surface area contributed by atoms with Crippen LogP contribution in [0.4, 0.5) is 5.69 Å². The molecule has 0 saturated carbocycles. The zero-order valence-electron chi connectivity index (χ0n) is 16.1. The molecular weight excluding hydrogens is 401 g/mol. The van der Waals surface area contributed by atoms with Crippen LogP contribution in [0.2, 0.25) is 10.0 Å². The zero-order valence-corrected chi connectivity index (χ0v) is 17.6. The summed E-state index contributed by atoms with van der Waals surface area (Å²) in [6.45, 7) is 3.20. The fourth-order valence-corrected chi connectivity index (χ4v) is 3.85. The van der Waals surface area contributed by atoms with Crippen molar-refractivity contribution in [2.45, 2.75) is 20.1 Å². The van der Waals surface area contributed by atoms with Gasteiger partial charge in [0.1, 0.15) is 12.4 Å². The van der Waals surface area contributed by atoms with E-state index in [1.54, 1.807) is 6.07 Å². The molecule has 2 nitrogen and oxygen atoms in total. The molecule has 0 amide bonds. The molecule has 4 heteroatoms. The van der Waals surface area contributed by atoms with Gasteiger partial charge in [0.15, 0.2) is 0 Å². The van der Waals surface area contributed by atoms with Crippen LogP contribution in [0.15, 0.2) is 78.9 Å². The molecular formula is C25H21Cl2NO. The summed E-state index contributed by atoms with van der Waals surface area (Å²) in [6.07, 6.45) is 0. The summed E-state index contributed by atoms with van der Waals surface area (Å²) in [6, 6.07) is 26.3. The number of nitrogens with one attached hydrogen (secondary N) is 1. The van der Waals surface area contributed by atoms with E-state index in [4.69, 9.17) is 27.9 Å². The predicted molar refractivity (Wildman–Crippen MR) is 123 cm³/mol. The van der Waals surface area contributed by atoms with Gasteiger partial charge in [0, 0.05) is 27.8 Å². The molecule has 0 aromatic heterocycles. The van der Waals surface area contributed by atoms with Crippen LogP contribution in [-0.2, 0) is 13.2 Å². The van der Waals surface area contributed by atoms with Crippen molar-refractivity contribution in [1.29, 1.82) is 0 Å². The molecule has 0 aliphatic carbocycles. The summed E-state index contributed by atoms with van der Waals surface area (Å²) in [5, 5.41) is 6.98. The first-order valence-electron chi connectivity index (χ1n) is 9.47. The Labute approximate surface area is 181 Å². The Bertz CT molecular complexity index is 1120. The van der Waals surface area contributed by atoms with Gasteiger partial charge >= 0.3 is 0 Å². The molecule has 0 heterocycles. The first-order chi connectivity index (χ1) is 14.1. The lowest BCUT2D eigenvalue weighted by Crippen LogP contribution is -2.05. The van der Waals surface area contributed by atoms with Crippen LogP contribution in [0.3, 0.4) is 0 Å². The number of rotatable bonds is 6. The normalized spacial score (nSPS) is 10.9. The van der Waals surface area contributed by atoms with E-state index in [1.165, 1.54) is 10.9 Å².